The summed E-state index contributed by atoms with van der Waals surface area (Å²) in [7, 11) is -1.43. The summed E-state index contributed by atoms with van der Waals surface area (Å²) < 4.78 is 11.0. The van der Waals surface area contributed by atoms with E-state index < -0.39 is 12.9 Å². The van der Waals surface area contributed by atoms with E-state index in [1.165, 1.54) is 0 Å². The Morgan fingerprint density at radius 1 is 1.13 bits per heavy atom. The summed E-state index contributed by atoms with van der Waals surface area (Å²) in [6.45, 7) is 3.02. The summed E-state index contributed by atoms with van der Waals surface area (Å²) in [5, 5.41) is 17.9. The lowest BCUT2D eigenvalue weighted by Crippen LogP contribution is -2.30. The van der Waals surface area contributed by atoms with E-state index in [-0.39, 0.29) is 0 Å². The number of hydrogen-bond donors (Lipinski definition) is 2. The molecule has 0 saturated carbocycles. The first-order valence-electron chi connectivity index (χ1n) is 4.86. The van der Waals surface area contributed by atoms with Crippen molar-refractivity contribution in [1.29, 1.82) is 0 Å². The summed E-state index contributed by atoms with van der Waals surface area (Å²) in [5.41, 5.74) is 1.34. The minimum atomic E-state index is -1.43. The fourth-order valence-corrected chi connectivity index (χ4v) is 1.64. The lowest BCUT2D eigenvalue weighted by Gasteiger charge is -2.22. The van der Waals surface area contributed by atoms with E-state index in [2.05, 4.69) is 0 Å². The highest BCUT2D eigenvalue weighted by Gasteiger charge is 2.33. The quantitative estimate of drug-likeness (QED) is 0.648. The molecule has 0 amide bonds. The molecule has 0 atom stereocenters. The smallest absolute Gasteiger partial charge is 0.423 e. The minimum Gasteiger partial charge on any atom is -0.423 e. The van der Waals surface area contributed by atoms with Gasteiger partial charge in [-0.1, -0.05) is 24.3 Å². The molecule has 0 aliphatic carbocycles. The Balaban J connectivity index is 2.23. The van der Waals surface area contributed by atoms with Gasteiger partial charge in [-0.05, 0) is 12.4 Å². The molecule has 0 spiro atoms. The third-order valence-electron chi connectivity index (χ3n) is 2.57. The molecule has 0 radical (unpaired) electrons. The second-order valence-electron chi connectivity index (χ2n) is 3.64. The molecule has 0 bridgehead atoms. The van der Waals surface area contributed by atoms with E-state index in [0.29, 0.717) is 18.7 Å². The van der Waals surface area contributed by atoms with Crippen LogP contribution in [0.15, 0.2) is 24.3 Å². The van der Waals surface area contributed by atoms with Crippen molar-refractivity contribution in [1.82, 2.24) is 0 Å². The second-order valence-corrected chi connectivity index (χ2v) is 3.64. The van der Waals surface area contributed by atoms with Gasteiger partial charge in [-0.15, -0.1) is 0 Å². The van der Waals surface area contributed by atoms with Crippen molar-refractivity contribution in [3.8, 4) is 0 Å². The largest absolute Gasteiger partial charge is 0.488 e. The van der Waals surface area contributed by atoms with Gasteiger partial charge in [0.1, 0.15) is 0 Å². The fourth-order valence-electron chi connectivity index (χ4n) is 1.64. The predicted octanol–water partition coefficient (Wildman–Crippen LogP) is -0.414. The zero-order chi connectivity index (χ0) is 10.9. The Morgan fingerprint density at radius 3 is 2.13 bits per heavy atom. The van der Waals surface area contributed by atoms with E-state index >= 15 is 0 Å². The Labute approximate surface area is 88.6 Å². The Morgan fingerprint density at radius 2 is 1.67 bits per heavy atom. The van der Waals surface area contributed by atoms with Gasteiger partial charge in [-0.3, -0.25) is 0 Å². The standard InChI is InChI=1S/C10H13BO4/c1-10(14-6-7-15-10)8-2-4-9(5-3-8)11(12)13/h2-5,12-13H,6-7H2,1H3. The molecule has 1 heterocycles. The minimum absolute atomic E-state index is 0.459. The van der Waals surface area contributed by atoms with Gasteiger partial charge in [0, 0.05) is 5.56 Å². The zero-order valence-electron chi connectivity index (χ0n) is 8.51. The lowest BCUT2D eigenvalue weighted by molar-refractivity contribution is -0.149. The SMILES string of the molecule is CC1(c2ccc(B(O)O)cc2)OCCO1. The summed E-state index contributed by atoms with van der Waals surface area (Å²) in [6, 6.07) is 6.85. The van der Waals surface area contributed by atoms with Crippen LogP contribution < -0.4 is 5.46 Å². The van der Waals surface area contributed by atoms with E-state index in [9.17, 15) is 0 Å². The molecule has 2 N–H and O–H groups in total. The predicted molar refractivity (Wildman–Crippen MR) is 55.5 cm³/mol. The fraction of sp³-hybridized carbons (Fsp3) is 0.400. The van der Waals surface area contributed by atoms with Crippen LogP contribution >= 0.6 is 0 Å². The van der Waals surface area contributed by atoms with Crippen molar-refractivity contribution in [3.63, 3.8) is 0 Å². The van der Waals surface area contributed by atoms with Crippen molar-refractivity contribution in [2.24, 2.45) is 0 Å². The Kier molecular flexibility index (Phi) is 2.80. The zero-order valence-corrected chi connectivity index (χ0v) is 8.51. The topological polar surface area (TPSA) is 58.9 Å². The number of rotatable bonds is 2. The van der Waals surface area contributed by atoms with Crippen LogP contribution in [0, 0.1) is 0 Å². The molecule has 4 nitrogen and oxygen atoms in total. The second kappa shape index (κ2) is 3.94. The highest BCUT2D eigenvalue weighted by atomic mass is 16.7. The molecule has 1 aromatic rings. The van der Waals surface area contributed by atoms with Crippen molar-refractivity contribution < 1.29 is 19.5 Å². The van der Waals surface area contributed by atoms with E-state index in [4.69, 9.17) is 19.5 Å². The van der Waals surface area contributed by atoms with Crippen LogP contribution in [0.1, 0.15) is 12.5 Å². The van der Waals surface area contributed by atoms with Crippen LogP contribution in [-0.4, -0.2) is 30.4 Å². The van der Waals surface area contributed by atoms with Crippen molar-refractivity contribution in [3.05, 3.63) is 29.8 Å². The average molecular weight is 208 g/mol. The van der Waals surface area contributed by atoms with Crippen LogP contribution in [0.3, 0.4) is 0 Å². The van der Waals surface area contributed by atoms with Gasteiger partial charge in [0.2, 0.25) is 0 Å². The van der Waals surface area contributed by atoms with Crippen LogP contribution in [-0.2, 0) is 15.3 Å². The molecule has 2 rings (SSSR count). The van der Waals surface area contributed by atoms with E-state index in [1.807, 2.05) is 6.92 Å². The number of ether oxygens (including phenoxy) is 2. The first-order chi connectivity index (χ1) is 7.12. The van der Waals surface area contributed by atoms with Gasteiger partial charge in [0.05, 0.1) is 13.2 Å². The molecule has 1 saturated heterocycles. The van der Waals surface area contributed by atoms with E-state index in [1.54, 1.807) is 24.3 Å². The third kappa shape index (κ3) is 2.05. The molecule has 1 aromatic carbocycles. The van der Waals surface area contributed by atoms with Crippen LogP contribution in [0.2, 0.25) is 0 Å². The molecule has 1 aliphatic rings. The Bertz CT molecular complexity index is 330. The molecule has 0 aromatic heterocycles. The van der Waals surface area contributed by atoms with Crippen LogP contribution in [0.25, 0.3) is 0 Å². The maximum absolute atomic E-state index is 8.94. The summed E-state index contributed by atoms with van der Waals surface area (Å²) in [4.78, 5) is 0. The number of benzene rings is 1. The highest BCUT2D eigenvalue weighted by molar-refractivity contribution is 6.58. The molecule has 80 valence electrons. The van der Waals surface area contributed by atoms with Gasteiger partial charge in [0.15, 0.2) is 5.79 Å². The van der Waals surface area contributed by atoms with Crippen molar-refractivity contribution in [2.75, 3.05) is 13.2 Å². The van der Waals surface area contributed by atoms with Crippen LogP contribution in [0.4, 0.5) is 0 Å². The van der Waals surface area contributed by atoms with Crippen LogP contribution in [0.5, 0.6) is 0 Å². The molecule has 5 heteroatoms. The third-order valence-corrected chi connectivity index (χ3v) is 2.57. The monoisotopic (exact) mass is 208 g/mol. The molecular weight excluding hydrogens is 195 g/mol. The van der Waals surface area contributed by atoms with Gasteiger partial charge in [-0.2, -0.15) is 0 Å². The normalized spacial score (nSPS) is 19.1. The summed E-state index contributed by atoms with van der Waals surface area (Å²) in [6.07, 6.45) is 0. The Hall–Kier alpha value is -0.875. The molecule has 15 heavy (non-hydrogen) atoms. The van der Waals surface area contributed by atoms with Crippen molar-refractivity contribution in [2.45, 2.75) is 12.7 Å². The summed E-state index contributed by atoms with van der Waals surface area (Å²) >= 11 is 0. The maximum atomic E-state index is 8.94. The average Bonchev–Trinajstić information content (AvgIpc) is 2.67. The lowest BCUT2D eigenvalue weighted by atomic mass is 9.80. The summed E-state index contributed by atoms with van der Waals surface area (Å²) in [5.74, 6) is -0.695. The maximum Gasteiger partial charge on any atom is 0.488 e. The first kappa shape index (κ1) is 10.6. The van der Waals surface area contributed by atoms with Gasteiger partial charge in [-0.25, -0.2) is 0 Å². The molecule has 1 aliphatic heterocycles. The molecule has 0 unspecified atom stereocenters. The molecular formula is C10H13BO4. The first-order valence-corrected chi connectivity index (χ1v) is 4.86. The molecule has 1 fully saturated rings. The number of hydrogen-bond acceptors (Lipinski definition) is 4. The van der Waals surface area contributed by atoms with Crippen molar-refractivity contribution >= 4 is 12.6 Å². The van der Waals surface area contributed by atoms with E-state index in [0.717, 1.165) is 5.56 Å². The van der Waals surface area contributed by atoms with Gasteiger partial charge >= 0.3 is 7.12 Å². The highest BCUT2D eigenvalue weighted by Crippen LogP contribution is 2.29. The van der Waals surface area contributed by atoms with Gasteiger partial charge < -0.3 is 19.5 Å². The van der Waals surface area contributed by atoms with Gasteiger partial charge in [0.25, 0.3) is 0 Å².